The molecule has 0 heterocycles. The van der Waals surface area contributed by atoms with E-state index in [1.54, 1.807) is 6.08 Å². The van der Waals surface area contributed by atoms with Gasteiger partial charge in [-0.3, -0.25) is 0 Å². The molecule has 0 aromatic rings. The summed E-state index contributed by atoms with van der Waals surface area (Å²) in [6.45, 7) is 8.08. The van der Waals surface area contributed by atoms with Gasteiger partial charge < -0.3 is 9.84 Å². The Bertz CT molecular complexity index is 333. The lowest BCUT2D eigenvalue weighted by atomic mass is 10.1. The highest BCUT2D eigenvalue weighted by molar-refractivity contribution is 6.52. The minimum absolute atomic E-state index is 0.510. The van der Waals surface area contributed by atoms with Crippen LogP contribution in [-0.4, -0.2) is 28.1 Å². The molecule has 0 saturated heterocycles. The van der Waals surface area contributed by atoms with E-state index in [1.807, 2.05) is 26.8 Å². The van der Waals surface area contributed by atoms with E-state index in [-0.39, 0.29) is 0 Å². The minimum atomic E-state index is -1.21. The van der Waals surface area contributed by atoms with Crippen LogP contribution in [0.3, 0.4) is 0 Å². The number of carbonyl (C=O) groups excluding carboxylic acids is 1. The van der Waals surface area contributed by atoms with Gasteiger partial charge in [-0.05, 0) is 19.3 Å². The molecule has 0 rings (SSSR count). The van der Waals surface area contributed by atoms with E-state index in [0.717, 1.165) is 12.8 Å². The Hall–Kier alpha value is -0.250. The summed E-state index contributed by atoms with van der Waals surface area (Å²) in [6, 6.07) is 0. The van der Waals surface area contributed by atoms with Crippen LogP contribution in [0.5, 0.6) is 0 Å². The lowest BCUT2D eigenvalue weighted by Crippen LogP contribution is -2.31. The van der Waals surface area contributed by atoms with Crippen LogP contribution in [0.25, 0.3) is 0 Å². The number of rotatable bonds is 15. The Balaban J connectivity index is 0. The van der Waals surface area contributed by atoms with Crippen LogP contribution in [0, 0.1) is 0 Å². The van der Waals surface area contributed by atoms with E-state index in [4.69, 9.17) is 27.9 Å². The van der Waals surface area contributed by atoms with Gasteiger partial charge in [0, 0.05) is 0 Å². The van der Waals surface area contributed by atoms with Crippen molar-refractivity contribution in [3.8, 4) is 0 Å². The van der Waals surface area contributed by atoms with Crippen molar-refractivity contribution in [2.45, 2.75) is 115 Å². The zero-order valence-electron chi connectivity index (χ0n) is 17.2. The first-order valence-corrected chi connectivity index (χ1v) is 11.2. The summed E-state index contributed by atoms with van der Waals surface area (Å²) in [7, 11) is 0. The molecular formula is C21H40Cl2O3. The largest absolute Gasteiger partial charge is 0.457 e. The number of allylic oxidation sites excluding steroid dienone is 1. The molecule has 156 valence electrons. The van der Waals surface area contributed by atoms with Gasteiger partial charge in [-0.1, -0.05) is 114 Å². The summed E-state index contributed by atoms with van der Waals surface area (Å²) >= 11 is 10.9. The number of aliphatic hydroxyl groups excluding tert-OH is 1. The van der Waals surface area contributed by atoms with Gasteiger partial charge in [-0.15, -0.1) is 0 Å². The summed E-state index contributed by atoms with van der Waals surface area (Å²) in [6.07, 6.45) is 15.4. The highest BCUT2D eigenvalue weighted by Crippen LogP contribution is 2.13. The molecule has 0 spiro atoms. The maximum Gasteiger partial charge on any atom is 0.339 e. The average molecular weight is 411 g/mol. The van der Waals surface area contributed by atoms with Crippen molar-refractivity contribution >= 4 is 29.2 Å². The van der Waals surface area contributed by atoms with E-state index in [9.17, 15) is 9.90 Å². The molecule has 2 atom stereocenters. The molecule has 0 aliphatic heterocycles. The normalized spacial score (nSPS) is 13.4. The molecule has 2 unspecified atom stereocenters. The highest BCUT2D eigenvalue weighted by Gasteiger charge is 2.22. The number of hydrogen-bond donors (Lipinski definition) is 1. The second-order valence-electron chi connectivity index (χ2n) is 6.22. The SMILES string of the molecule is CC.CCCCCCCCCCC/C=C/C(O)C(CC)OC(=O)C(Cl)Cl. The number of unbranched alkanes of at least 4 members (excludes halogenated alkanes) is 9. The van der Waals surface area contributed by atoms with Gasteiger partial charge in [-0.25, -0.2) is 4.79 Å². The van der Waals surface area contributed by atoms with Gasteiger partial charge in [0.15, 0.2) is 0 Å². The standard InChI is InChI=1S/C19H34Cl2O3.C2H6/c1-3-5-6-7-8-9-10-11-12-13-14-15-16(22)17(4-2)24-19(23)18(20)21;1-2/h14-18,22H,3-13H2,1-2H3;1-2H3/b15-14+;. The predicted octanol–water partition coefficient (Wildman–Crippen LogP) is 6.98. The maximum atomic E-state index is 11.4. The second-order valence-corrected chi connectivity index (χ2v) is 7.32. The van der Waals surface area contributed by atoms with Gasteiger partial charge in [0.1, 0.15) is 12.2 Å². The number of hydrogen-bond acceptors (Lipinski definition) is 3. The molecule has 0 aromatic heterocycles. The van der Waals surface area contributed by atoms with Crippen LogP contribution < -0.4 is 0 Å². The van der Waals surface area contributed by atoms with Crippen LogP contribution >= 0.6 is 23.2 Å². The molecule has 0 fully saturated rings. The first kappa shape index (κ1) is 28.0. The number of esters is 1. The number of aliphatic hydroxyl groups is 1. The second kappa shape index (κ2) is 21.1. The Kier molecular flexibility index (Phi) is 22.6. The predicted molar refractivity (Wildman–Crippen MR) is 114 cm³/mol. The third-order valence-electron chi connectivity index (χ3n) is 4.04. The Morgan fingerprint density at radius 3 is 1.92 bits per heavy atom. The van der Waals surface area contributed by atoms with Gasteiger partial charge in [-0.2, -0.15) is 0 Å². The van der Waals surface area contributed by atoms with Crippen LogP contribution in [0.15, 0.2) is 12.2 Å². The number of alkyl halides is 2. The van der Waals surface area contributed by atoms with Crippen molar-refractivity contribution in [2.75, 3.05) is 0 Å². The highest BCUT2D eigenvalue weighted by atomic mass is 35.5. The van der Waals surface area contributed by atoms with Crippen LogP contribution in [-0.2, 0) is 9.53 Å². The molecule has 5 heteroatoms. The molecule has 1 N–H and O–H groups in total. The van der Waals surface area contributed by atoms with Crippen LogP contribution in [0.1, 0.15) is 98.3 Å². The molecule has 0 saturated carbocycles. The zero-order chi connectivity index (χ0) is 20.2. The van der Waals surface area contributed by atoms with Gasteiger partial charge in [0.2, 0.25) is 4.84 Å². The molecule has 0 aromatic carbocycles. The quantitative estimate of drug-likeness (QED) is 0.137. The van der Waals surface area contributed by atoms with Crippen molar-refractivity contribution in [2.24, 2.45) is 0 Å². The number of ether oxygens (including phenoxy) is 1. The number of halogens is 2. The fraction of sp³-hybridized carbons (Fsp3) is 0.857. The van der Waals surface area contributed by atoms with Crippen molar-refractivity contribution < 1.29 is 14.6 Å². The molecule has 0 amide bonds. The fourth-order valence-electron chi connectivity index (χ4n) is 2.53. The Labute approximate surface area is 171 Å². The summed E-state index contributed by atoms with van der Waals surface area (Å²) in [4.78, 5) is 10.1. The molecule has 26 heavy (non-hydrogen) atoms. The Morgan fingerprint density at radius 1 is 0.962 bits per heavy atom. The summed E-state index contributed by atoms with van der Waals surface area (Å²) in [5.41, 5.74) is 0. The van der Waals surface area contributed by atoms with Gasteiger partial charge >= 0.3 is 5.97 Å². The minimum Gasteiger partial charge on any atom is -0.457 e. The van der Waals surface area contributed by atoms with Crippen molar-refractivity contribution in [3.05, 3.63) is 12.2 Å². The topological polar surface area (TPSA) is 46.5 Å². The van der Waals surface area contributed by atoms with Crippen molar-refractivity contribution in [1.29, 1.82) is 0 Å². The van der Waals surface area contributed by atoms with E-state index >= 15 is 0 Å². The maximum absolute atomic E-state index is 11.4. The zero-order valence-corrected chi connectivity index (χ0v) is 18.7. The molecule has 3 nitrogen and oxygen atoms in total. The lowest BCUT2D eigenvalue weighted by molar-refractivity contribution is -0.151. The van der Waals surface area contributed by atoms with Gasteiger partial charge in [0.25, 0.3) is 0 Å². The van der Waals surface area contributed by atoms with E-state index in [1.165, 1.54) is 51.4 Å². The van der Waals surface area contributed by atoms with E-state index < -0.39 is 23.0 Å². The third-order valence-corrected chi connectivity index (χ3v) is 4.39. The summed E-state index contributed by atoms with van der Waals surface area (Å²) in [5, 5.41) is 10.0. The number of carbonyl (C=O) groups is 1. The van der Waals surface area contributed by atoms with Crippen LogP contribution in [0.2, 0.25) is 0 Å². The van der Waals surface area contributed by atoms with E-state index in [2.05, 4.69) is 6.92 Å². The lowest BCUT2D eigenvalue weighted by Gasteiger charge is -2.19. The Morgan fingerprint density at radius 2 is 1.46 bits per heavy atom. The smallest absolute Gasteiger partial charge is 0.339 e. The molecule has 0 aliphatic rings. The molecular weight excluding hydrogens is 371 g/mol. The molecule has 0 aliphatic carbocycles. The summed E-state index contributed by atoms with van der Waals surface area (Å²) < 4.78 is 5.07. The van der Waals surface area contributed by atoms with E-state index in [0.29, 0.717) is 6.42 Å². The monoisotopic (exact) mass is 410 g/mol. The van der Waals surface area contributed by atoms with Crippen LogP contribution in [0.4, 0.5) is 0 Å². The third kappa shape index (κ3) is 17.2. The fourth-order valence-corrected chi connectivity index (χ4v) is 2.63. The van der Waals surface area contributed by atoms with Crippen molar-refractivity contribution in [3.63, 3.8) is 0 Å². The first-order valence-electron chi connectivity index (χ1n) is 10.4. The van der Waals surface area contributed by atoms with Crippen molar-refractivity contribution in [1.82, 2.24) is 0 Å². The summed E-state index contributed by atoms with van der Waals surface area (Å²) in [5.74, 6) is -0.712. The first-order chi connectivity index (χ1) is 12.5. The molecule has 0 bridgehead atoms. The van der Waals surface area contributed by atoms with Gasteiger partial charge in [0.05, 0.1) is 0 Å². The average Bonchev–Trinajstić information content (AvgIpc) is 2.65. The molecule has 0 radical (unpaired) electrons.